The molecule has 2 rings (SSSR count). The van der Waals surface area contributed by atoms with Gasteiger partial charge < -0.3 is 0 Å². The minimum absolute atomic E-state index is 0.112. The fourth-order valence-corrected chi connectivity index (χ4v) is 3.34. The summed E-state index contributed by atoms with van der Waals surface area (Å²) in [6, 6.07) is 2.04. The van der Waals surface area contributed by atoms with E-state index in [1.807, 2.05) is 13.0 Å². The third-order valence-corrected chi connectivity index (χ3v) is 4.53. The van der Waals surface area contributed by atoms with Crippen molar-refractivity contribution in [3.05, 3.63) is 21.4 Å². The summed E-state index contributed by atoms with van der Waals surface area (Å²) in [4.78, 5) is 18.8. The van der Waals surface area contributed by atoms with E-state index in [1.165, 1.54) is 23.3 Å². The highest BCUT2D eigenvalue weighted by atomic mass is 32.1. The predicted octanol–water partition coefficient (Wildman–Crippen LogP) is 2.94. The normalized spacial score (nSPS) is 18.8. The molecule has 0 spiro atoms. The van der Waals surface area contributed by atoms with Gasteiger partial charge in [0.25, 0.3) is 5.91 Å². The number of rotatable bonds is 4. The molecule has 1 aromatic rings. The van der Waals surface area contributed by atoms with Gasteiger partial charge >= 0.3 is 0 Å². The summed E-state index contributed by atoms with van der Waals surface area (Å²) in [6.07, 6.45) is 4.75. The molecule has 17 heavy (non-hydrogen) atoms. The van der Waals surface area contributed by atoms with Gasteiger partial charge in [-0.1, -0.05) is 13.3 Å². The van der Waals surface area contributed by atoms with Crippen LogP contribution in [-0.4, -0.2) is 12.5 Å². The minimum atomic E-state index is -0.112. The molecule has 0 fully saturated rings. The Morgan fingerprint density at radius 3 is 3.12 bits per heavy atom. The highest BCUT2D eigenvalue weighted by Crippen LogP contribution is 2.33. The van der Waals surface area contributed by atoms with Gasteiger partial charge in [-0.15, -0.1) is 11.3 Å². The monoisotopic (exact) mass is 253 g/mol. The van der Waals surface area contributed by atoms with E-state index in [4.69, 9.17) is 4.84 Å². The van der Waals surface area contributed by atoms with Crippen molar-refractivity contribution >= 4 is 17.2 Å². The molecule has 0 radical (unpaired) electrons. The van der Waals surface area contributed by atoms with Crippen molar-refractivity contribution in [1.82, 2.24) is 5.48 Å². The van der Waals surface area contributed by atoms with Gasteiger partial charge in [-0.25, -0.2) is 5.48 Å². The zero-order valence-corrected chi connectivity index (χ0v) is 11.2. The Hall–Kier alpha value is -0.870. The van der Waals surface area contributed by atoms with E-state index in [0.717, 1.165) is 23.6 Å². The Labute approximate surface area is 106 Å². The average molecular weight is 253 g/mol. The lowest BCUT2D eigenvalue weighted by Gasteiger charge is -2.19. The number of hydroxylamine groups is 1. The van der Waals surface area contributed by atoms with E-state index < -0.39 is 0 Å². The van der Waals surface area contributed by atoms with Crippen molar-refractivity contribution < 1.29 is 9.63 Å². The van der Waals surface area contributed by atoms with Crippen molar-refractivity contribution in [2.24, 2.45) is 5.92 Å². The Bertz CT molecular complexity index is 400. The van der Waals surface area contributed by atoms with Crippen LogP contribution < -0.4 is 5.48 Å². The molecule has 1 amide bonds. The summed E-state index contributed by atoms with van der Waals surface area (Å²) in [5.41, 5.74) is 3.82. The largest absolute Gasteiger partial charge is 0.284 e. The summed E-state index contributed by atoms with van der Waals surface area (Å²) >= 11 is 1.61. The number of hydrogen-bond acceptors (Lipinski definition) is 3. The van der Waals surface area contributed by atoms with Gasteiger partial charge in [0.1, 0.15) is 0 Å². The van der Waals surface area contributed by atoms with E-state index in [1.54, 1.807) is 11.3 Å². The number of carbonyl (C=O) groups is 1. The highest BCUT2D eigenvalue weighted by molar-refractivity contribution is 7.14. The number of fused-ring (bicyclic) bond motifs is 1. The average Bonchev–Trinajstić information content (AvgIpc) is 2.78. The first kappa shape index (κ1) is 12.6. The van der Waals surface area contributed by atoms with Crippen molar-refractivity contribution in [3.63, 3.8) is 0 Å². The Morgan fingerprint density at radius 2 is 2.41 bits per heavy atom. The van der Waals surface area contributed by atoms with Crippen LogP contribution in [0.4, 0.5) is 0 Å². The highest BCUT2D eigenvalue weighted by Gasteiger charge is 2.21. The van der Waals surface area contributed by atoms with E-state index in [-0.39, 0.29) is 5.91 Å². The second-order valence-electron chi connectivity index (χ2n) is 4.44. The van der Waals surface area contributed by atoms with Gasteiger partial charge in [0.15, 0.2) is 0 Å². The fraction of sp³-hybridized carbons (Fsp3) is 0.615. The number of thiophene rings is 1. The molecule has 0 bridgehead atoms. The maximum Gasteiger partial charge on any atom is 0.284 e. The van der Waals surface area contributed by atoms with Crippen LogP contribution in [0.5, 0.6) is 0 Å². The van der Waals surface area contributed by atoms with Gasteiger partial charge in [0.05, 0.1) is 11.5 Å². The molecule has 0 aliphatic heterocycles. The fourth-order valence-electron chi connectivity index (χ4n) is 2.25. The van der Waals surface area contributed by atoms with E-state index in [9.17, 15) is 4.79 Å². The van der Waals surface area contributed by atoms with Gasteiger partial charge in [-0.2, -0.15) is 0 Å². The minimum Gasteiger partial charge on any atom is -0.274 e. The van der Waals surface area contributed by atoms with Gasteiger partial charge in [0, 0.05) is 4.88 Å². The van der Waals surface area contributed by atoms with Crippen LogP contribution >= 0.6 is 11.3 Å². The lowest BCUT2D eigenvalue weighted by Crippen LogP contribution is -2.22. The van der Waals surface area contributed by atoms with Crippen LogP contribution in [0, 0.1) is 5.92 Å². The van der Waals surface area contributed by atoms with Crippen molar-refractivity contribution in [2.75, 3.05) is 6.61 Å². The number of carbonyl (C=O) groups excluding carboxylic acids is 1. The Kier molecular flexibility index (Phi) is 4.18. The van der Waals surface area contributed by atoms with Crippen LogP contribution in [0.15, 0.2) is 6.07 Å². The van der Waals surface area contributed by atoms with Crippen LogP contribution in [0.3, 0.4) is 0 Å². The molecule has 94 valence electrons. The smallest absolute Gasteiger partial charge is 0.274 e. The van der Waals surface area contributed by atoms with Crippen LogP contribution in [0.25, 0.3) is 0 Å². The summed E-state index contributed by atoms with van der Waals surface area (Å²) < 4.78 is 0. The van der Waals surface area contributed by atoms with Crippen molar-refractivity contribution in [3.8, 4) is 0 Å². The Morgan fingerprint density at radius 1 is 1.59 bits per heavy atom. The molecule has 1 unspecified atom stereocenters. The van der Waals surface area contributed by atoms with E-state index in [0.29, 0.717) is 6.61 Å². The van der Waals surface area contributed by atoms with E-state index >= 15 is 0 Å². The quantitative estimate of drug-likeness (QED) is 0.838. The third-order valence-electron chi connectivity index (χ3n) is 3.30. The number of nitrogens with one attached hydrogen (secondary N) is 1. The standard InChI is InChI=1S/C13H19NO2S/c1-3-9-5-6-11-10(7-9)8-12(17-11)13(15)14-16-4-2/h8-9H,3-7H2,1-2H3,(H,14,15). The molecule has 1 heterocycles. The lowest BCUT2D eigenvalue weighted by molar-refractivity contribution is 0.0368. The second-order valence-corrected chi connectivity index (χ2v) is 5.58. The summed E-state index contributed by atoms with van der Waals surface area (Å²) in [5, 5.41) is 0. The molecule has 1 aliphatic rings. The van der Waals surface area contributed by atoms with Crippen LogP contribution in [0.2, 0.25) is 0 Å². The third kappa shape index (κ3) is 2.87. The van der Waals surface area contributed by atoms with Gasteiger partial charge in [-0.05, 0) is 43.7 Å². The molecule has 1 atom stereocenters. The maximum atomic E-state index is 11.7. The van der Waals surface area contributed by atoms with E-state index in [2.05, 4.69) is 12.4 Å². The Balaban J connectivity index is 2.07. The molecular weight excluding hydrogens is 234 g/mol. The van der Waals surface area contributed by atoms with Gasteiger partial charge in [-0.3, -0.25) is 9.63 Å². The molecule has 1 aromatic heterocycles. The zero-order valence-electron chi connectivity index (χ0n) is 10.4. The summed E-state index contributed by atoms with van der Waals surface area (Å²) in [6.45, 7) is 4.59. The number of aryl methyl sites for hydroxylation is 1. The number of amides is 1. The van der Waals surface area contributed by atoms with Gasteiger partial charge in [0.2, 0.25) is 0 Å². The first-order chi connectivity index (χ1) is 8.24. The van der Waals surface area contributed by atoms with Crippen molar-refractivity contribution in [1.29, 1.82) is 0 Å². The lowest BCUT2D eigenvalue weighted by atomic mass is 9.87. The molecule has 0 saturated heterocycles. The topological polar surface area (TPSA) is 38.3 Å². The molecular formula is C13H19NO2S. The first-order valence-electron chi connectivity index (χ1n) is 6.28. The summed E-state index contributed by atoms with van der Waals surface area (Å²) in [7, 11) is 0. The molecule has 4 heteroatoms. The predicted molar refractivity (Wildman–Crippen MR) is 69.2 cm³/mol. The number of hydrogen-bond donors (Lipinski definition) is 1. The summed E-state index contributed by atoms with van der Waals surface area (Å²) in [5.74, 6) is 0.680. The van der Waals surface area contributed by atoms with Crippen molar-refractivity contribution in [2.45, 2.75) is 39.5 Å². The molecule has 0 aromatic carbocycles. The van der Waals surface area contributed by atoms with Crippen LogP contribution in [-0.2, 0) is 17.7 Å². The SMILES string of the molecule is CCONC(=O)c1cc2c(s1)CCC(CC)C2. The van der Waals surface area contributed by atoms with Crippen LogP contribution in [0.1, 0.15) is 46.8 Å². The first-order valence-corrected chi connectivity index (χ1v) is 7.10. The molecule has 3 nitrogen and oxygen atoms in total. The maximum absolute atomic E-state index is 11.7. The molecule has 0 saturated carbocycles. The second kappa shape index (κ2) is 5.65. The molecule has 1 aliphatic carbocycles. The zero-order chi connectivity index (χ0) is 12.3. The molecule has 1 N–H and O–H groups in total.